The van der Waals surface area contributed by atoms with Crippen molar-refractivity contribution in [1.82, 2.24) is 15.2 Å². The van der Waals surface area contributed by atoms with Crippen LogP contribution in [-0.4, -0.2) is 9.78 Å². The average molecular weight is 299 g/mol. The van der Waals surface area contributed by atoms with Crippen LogP contribution in [0.5, 0.6) is 0 Å². The quantitative estimate of drug-likeness (QED) is 0.659. The van der Waals surface area contributed by atoms with Gasteiger partial charge in [0.15, 0.2) is 0 Å². The van der Waals surface area contributed by atoms with Gasteiger partial charge in [0.25, 0.3) is 0 Å². The van der Waals surface area contributed by atoms with Crippen LogP contribution in [0.4, 0.5) is 0 Å². The lowest BCUT2D eigenvalue weighted by Crippen LogP contribution is -2.29. The van der Waals surface area contributed by atoms with Gasteiger partial charge in [-0.3, -0.25) is 16.0 Å². The molecule has 0 saturated heterocycles. The fourth-order valence-electron chi connectivity index (χ4n) is 2.12. The summed E-state index contributed by atoms with van der Waals surface area (Å²) in [5.74, 6) is 5.70. The highest BCUT2D eigenvalue weighted by Gasteiger charge is 2.19. The van der Waals surface area contributed by atoms with E-state index in [0.29, 0.717) is 5.15 Å². The number of hydrogen-bond donors (Lipinski definition) is 2. The molecule has 0 radical (unpaired) electrons. The number of halogens is 1. The zero-order valence-electron chi connectivity index (χ0n) is 11.4. The van der Waals surface area contributed by atoms with Gasteiger partial charge in [-0.15, -0.1) is 11.3 Å². The van der Waals surface area contributed by atoms with Gasteiger partial charge in [0.1, 0.15) is 5.15 Å². The van der Waals surface area contributed by atoms with E-state index in [0.717, 1.165) is 24.1 Å². The fraction of sp³-hybridized carbons (Fsp3) is 0.462. The summed E-state index contributed by atoms with van der Waals surface area (Å²) in [6.07, 6.45) is 1.80. The molecule has 0 fully saturated rings. The van der Waals surface area contributed by atoms with Crippen molar-refractivity contribution in [1.29, 1.82) is 0 Å². The largest absolute Gasteiger partial charge is 0.271 e. The Morgan fingerprint density at radius 2 is 2.26 bits per heavy atom. The van der Waals surface area contributed by atoms with E-state index in [1.54, 1.807) is 16.0 Å². The lowest BCUT2D eigenvalue weighted by molar-refractivity contribution is 0.559. The van der Waals surface area contributed by atoms with E-state index in [-0.39, 0.29) is 6.04 Å². The lowest BCUT2D eigenvalue weighted by atomic mass is 10.1. The van der Waals surface area contributed by atoms with Crippen LogP contribution in [0.3, 0.4) is 0 Å². The van der Waals surface area contributed by atoms with E-state index < -0.39 is 0 Å². The maximum atomic E-state index is 6.27. The van der Waals surface area contributed by atoms with Gasteiger partial charge in [0.05, 0.1) is 11.7 Å². The van der Waals surface area contributed by atoms with Crippen molar-refractivity contribution in [3.8, 4) is 0 Å². The number of thiophene rings is 1. The number of nitrogens with zero attached hydrogens (tertiary/aromatic N) is 2. The van der Waals surface area contributed by atoms with Gasteiger partial charge in [-0.25, -0.2) is 0 Å². The number of rotatable bonds is 5. The summed E-state index contributed by atoms with van der Waals surface area (Å²) in [5.41, 5.74) is 4.90. The van der Waals surface area contributed by atoms with E-state index in [2.05, 4.69) is 29.6 Å². The van der Waals surface area contributed by atoms with Crippen LogP contribution in [0.2, 0.25) is 5.15 Å². The van der Waals surface area contributed by atoms with Crippen molar-refractivity contribution in [2.24, 2.45) is 12.9 Å². The van der Waals surface area contributed by atoms with Crippen LogP contribution < -0.4 is 11.3 Å². The minimum absolute atomic E-state index is 0.0747. The van der Waals surface area contributed by atoms with Gasteiger partial charge < -0.3 is 0 Å². The maximum absolute atomic E-state index is 6.27. The Hall–Kier alpha value is -0.880. The third-order valence-corrected chi connectivity index (χ3v) is 5.07. The molecule has 2 heterocycles. The van der Waals surface area contributed by atoms with E-state index in [1.807, 2.05) is 14.0 Å². The summed E-state index contributed by atoms with van der Waals surface area (Å²) in [6, 6.07) is 4.36. The minimum Gasteiger partial charge on any atom is -0.271 e. The Labute approximate surface area is 122 Å². The molecule has 6 heteroatoms. The molecule has 0 aliphatic carbocycles. The highest BCUT2D eigenvalue weighted by molar-refractivity contribution is 7.12. The van der Waals surface area contributed by atoms with Crippen molar-refractivity contribution >= 4 is 22.9 Å². The molecule has 1 unspecified atom stereocenters. The van der Waals surface area contributed by atoms with Crippen molar-refractivity contribution in [2.75, 3.05) is 0 Å². The predicted molar refractivity (Wildman–Crippen MR) is 80.4 cm³/mol. The summed E-state index contributed by atoms with van der Waals surface area (Å²) in [6.45, 7) is 4.13. The number of aromatic nitrogens is 2. The number of aryl methyl sites for hydroxylation is 3. The molecule has 0 spiro atoms. The van der Waals surface area contributed by atoms with Crippen molar-refractivity contribution < 1.29 is 0 Å². The predicted octanol–water partition coefficient (Wildman–Crippen LogP) is 2.75. The molecular weight excluding hydrogens is 280 g/mol. The van der Waals surface area contributed by atoms with Crippen LogP contribution >= 0.6 is 22.9 Å². The first-order chi connectivity index (χ1) is 9.06. The summed E-state index contributed by atoms with van der Waals surface area (Å²) >= 11 is 8.06. The Morgan fingerprint density at radius 3 is 2.74 bits per heavy atom. The van der Waals surface area contributed by atoms with Crippen LogP contribution in [0.25, 0.3) is 0 Å². The van der Waals surface area contributed by atoms with Crippen LogP contribution in [0, 0.1) is 6.92 Å². The summed E-state index contributed by atoms with van der Waals surface area (Å²) < 4.78 is 1.70. The van der Waals surface area contributed by atoms with Crippen molar-refractivity contribution in [3.05, 3.63) is 38.3 Å². The first-order valence-electron chi connectivity index (χ1n) is 6.29. The Balaban J connectivity index is 2.23. The van der Waals surface area contributed by atoms with Crippen LogP contribution in [-0.2, 0) is 19.9 Å². The normalized spacial score (nSPS) is 12.9. The zero-order chi connectivity index (χ0) is 14.0. The molecule has 3 N–H and O–H groups in total. The SMILES string of the molecule is CCc1ccc(C(Cc2c(C)nn(C)c2Cl)NN)s1. The van der Waals surface area contributed by atoms with E-state index in [9.17, 15) is 0 Å². The molecule has 0 amide bonds. The maximum Gasteiger partial charge on any atom is 0.130 e. The number of hydrogen-bond acceptors (Lipinski definition) is 4. The summed E-state index contributed by atoms with van der Waals surface area (Å²) in [7, 11) is 1.85. The molecule has 104 valence electrons. The topological polar surface area (TPSA) is 55.9 Å². The van der Waals surface area contributed by atoms with Gasteiger partial charge in [-0.1, -0.05) is 18.5 Å². The molecule has 0 aliphatic heterocycles. The molecule has 19 heavy (non-hydrogen) atoms. The van der Waals surface area contributed by atoms with E-state index in [4.69, 9.17) is 17.4 Å². The molecular formula is C13H19ClN4S. The molecule has 0 aliphatic rings. The first kappa shape index (κ1) is 14.5. The van der Waals surface area contributed by atoms with Crippen molar-refractivity contribution in [2.45, 2.75) is 32.7 Å². The Bertz CT molecular complexity index is 561. The van der Waals surface area contributed by atoms with Gasteiger partial charge in [0.2, 0.25) is 0 Å². The average Bonchev–Trinajstić information content (AvgIpc) is 2.95. The lowest BCUT2D eigenvalue weighted by Gasteiger charge is -2.14. The standard InChI is InChI=1S/C13H19ClN4S/c1-4-9-5-6-12(19-9)11(16-15)7-10-8(2)17-18(3)13(10)14/h5-6,11,16H,4,7,15H2,1-3H3. The highest BCUT2D eigenvalue weighted by atomic mass is 35.5. The molecule has 0 saturated carbocycles. The molecule has 1 atom stereocenters. The van der Waals surface area contributed by atoms with Gasteiger partial charge in [0, 0.05) is 22.4 Å². The zero-order valence-corrected chi connectivity index (χ0v) is 13.0. The molecule has 2 aromatic rings. The summed E-state index contributed by atoms with van der Waals surface area (Å²) in [4.78, 5) is 2.60. The minimum atomic E-state index is 0.0747. The molecule has 0 bridgehead atoms. The van der Waals surface area contributed by atoms with Crippen LogP contribution in [0.1, 0.15) is 34.0 Å². The highest BCUT2D eigenvalue weighted by Crippen LogP contribution is 2.29. The second kappa shape index (κ2) is 6.05. The second-order valence-corrected chi connectivity index (χ2v) is 6.12. The fourth-order valence-corrected chi connectivity index (χ4v) is 3.39. The summed E-state index contributed by atoms with van der Waals surface area (Å²) in [5, 5.41) is 5.02. The van der Waals surface area contributed by atoms with Crippen LogP contribution in [0.15, 0.2) is 12.1 Å². The Kier molecular flexibility index (Phi) is 4.62. The van der Waals surface area contributed by atoms with E-state index >= 15 is 0 Å². The monoisotopic (exact) mass is 298 g/mol. The molecule has 2 aromatic heterocycles. The smallest absolute Gasteiger partial charge is 0.130 e. The number of nitrogens with two attached hydrogens (primary N) is 1. The van der Waals surface area contributed by atoms with Crippen molar-refractivity contribution in [3.63, 3.8) is 0 Å². The van der Waals surface area contributed by atoms with E-state index in [1.165, 1.54) is 9.75 Å². The first-order valence-corrected chi connectivity index (χ1v) is 7.49. The number of hydrazine groups is 1. The van der Waals surface area contributed by atoms with Gasteiger partial charge in [-0.05, 0) is 31.9 Å². The van der Waals surface area contributed by atoms with Gasteiger partial charge >= 0.3 is 0 Å². The molecule has 4 nitrogen and oxygen atoms in total. The third-order valence-electron chi connectivity index (χ3n) is 3.25. The second-order valence-electron chi connectivity index (χ2n) is 4.56. The number of nitrogens with one attached hydrogen (secondary N) is 1. The molecule has 2 rings (SSSR count). The molecule has 0 aromatic carbocycles. The Morgan fingerprint density at radius 1 is 1.53 bits per heavy atom. The third kappa shape index (κ3) is 3.00. The van der Waals surface area contributed by atoms with Gasteiger partial charge in [-0.2, -0.15) is 5.10 Å².